The zero-order chi connectivity index (χ0) is 15.4. The van der Waals surface area contributed by atoms with E-state index in [-0.39, 0.29) is 17.8 Å². The molecule has 0 radical (unpaired) electrons. The highest BCUT2D eigenvalue weighted by Gasteiger charge is 2.20. The van der Waals surface area contributed by atoms with Gasteiger partial charge in [-0.1, -0.05) is 18.2 Å². The van der Waals surface area contributed by atoms with Gasteiger partial charge in [-0.05, 0) is 12.1 Å². The van der Waals surface area contributed by atoms with Gasteiger partial charge in [0.05, 0.1) is 17.0 Å². The highest BCUT2D eigenvalue weighted by molar-refractivity contribution is 5.93. The van der Waals surface area contributed by atoms with Gasteiger partial charge >= 0.3 is 0 Å². The molecule has 7 heteroatoms. The van der Waals surface area contributed by atoms with Gasteiger partial charge in [0, 0.05) is 24.9 Å². The monoisotopic (exact) mass is 289 g/mol. The maximum Gasteiger partial charge on any atom is 0.274 e. The summed E-state index contributed by atoms with van der Waals surface area (Å²) in [6.45, 7) is 0.00429. The smallest absolute Gasteiger partial charge is 0.274 e. The summed E-state index contributed by atoms with van der Waals surface area (Å²) in [5, 5.41) is 10.9. The fourth-order valence-electron chi connectivity index (χ4n) is 1.90. The first kappa shape index (κ1) is 14.6. The molecule has 0 bridgehead atoms. The number of benzene rings is 1. The minimum atomic E-state index is -0.864. The van der Waals surface area contributed by atoms with Crippen LogP contribution in [0.15, 0.2) is 42.6 Å². The van der Waals surface area contributed by atoms with E-state index < -0.39 is 16.8 Å². The third-order valence-electron chi connectivity index (χ3n) is 2.93. The maximum atomic E-state index is 13.5. The Morgan fingerprint density at radius 3 is 2.71 bits per heavy atom. The summed E-state index contributed by atoms with van der Waals surface area (Å²) in [6.07, 6.45) is 1.24. The number of halogens is 1. The molecule has 1 heterocycles. The predicted molar refractivity (Wildman–Crippen MR) is 73.1 cm³/mol. The summed E-state index contributed by atoms with van der Waals surface area (Å²) in [5.41, 5.74) is 0.130. The number of hydrogen-bond donors (Lipinski definition) is 0. The number of nitrogens with zero attached hydrogens (tertiary/aromatic N) is 3. The Hall–Kier alpha value is -2.83. The number of rotatable bonds is 4. The van der Waals surface area contributed by atoms with Crippen molar-refractivity contribution in [2.24, 2.45) is 0 Å². The van der Waals surface area contributed by atoms with Crippen molar-refractivity contribution in [3.63, 3.8) is 0 Å². The maximum absolute atomic E-state index is 13.5. The van der Waals surface area contributed by atoms with Crippen LogP contribution in [0.2, 0.25) is 0 Å². The average molecular weight is 289 g/mol. The molecule has 0 aliphatic heterocycles. The standard InChI is InChI=1S/C14H12FN3O3/c1-17(14(19)11-6-4-8-16-13(11)15)9-10-5-2-3-7-12(10)18(20)21/h2-8H,9H2,1H3. The molecule has 0 unspecified atom stereocenters. The second-order valence-corrected chi connectivity index (χ2v) is 4.39. The van der Waals surface area contributed by atoms with Gasteiger partial charge < -0.3 is 4.90 Å². The molecule has 6 nitrogen and oxygen atoms in total. The van der Waals surface area contributed by atoms with E-state index in [0.717, 1.165) is 0 Å². The fraction of sp³-hybridized carbons (Fsp3) is 0.143. The van der Waals surface area contributed by atoms with E-state index in [1.54, 1.807) is 18.2 Å². The van der Waals surface area contributed by atoms with E-state index in [9.17, 15) is 19.3 Å². The molecule has 2 rings (SSSR count). The third-order valence-corrected chi connectivity index (χ3v) is 2.93. The number of para-hydroxylation sites is 1. The van der Waals surface area contributed by atoms with Crippen LogP contribution in [0.3, 0.4) is 0 Å². The van der Waals surface area contributed by atoms with Crippen molar-refractivity contribution >= 4 is 11.6 Å². The van der Waals surface area contributed by atoms with Crippen molar-refractivity contribution in [2.75, 3.05) is 7.05 Å². The van der Waals surface area contributed by atoms with E-state index in [0.29, 0.717) is 5.56 Å². The summed E-state index contributed by atoms with van der Waals surface area (Å²) < 4.78 is 13.5. The first-order valence-corrected chi connectivity index (χ1v) is 6.09. The molecule has 0 aliphatic rings. The van der Waals surface area contributed by atoms with Crippen LogP contribution in [-0.2, 0) is 6.54 Å². The van der Waals surface area contributed by atoms with Crippen molar-refractivity contribution in [2.45, 2.75) is 6.54 Å². The van der Waals surface area contributed by atoms with Crippen LogP contribution in [-0.4, -0.2) is 27.8 Å². The molecule has 0 aliphatic carbocycles. The Morgan fingerprint density at radius 1 is 1.33 bits per heavy atom. The fourth-order valence-corrected chi connectivity index (χ4v) is 1.90. The topological polar surface area (TPSA) is 76.3 Å². The van der Waals surface area contributed by atoms with Crippen molar-refractivity contribution < 1.29 is 14.1 Å². The third kappa shape index (κ3) is 3.19. The minimum Gasteiger partial charge on any atom is -0.337 e. The van der Waals surface area contributed by atoms with E-state index in [4.69, 9.17) is 0 Å². The molecule has 1 aromatic carbocycles. The number of pyridine rings is 1. The normalized spacial score (nSPS) is 10.2. The summed E-state index contributed by atoms with van der Waals surface area (Å²) >= 11 is 0. The molecule has 1 aromatic heterocycles. The molecular weight excluding hydrogens is 277 g/mol. The molecule has 0 N–H and O–H groups in total. The van der Waals surface area contributed by atoms with Crippen molar-refractivity contribution in [3.8, 4) is 0 Å². The Morgan fingerprint density at radius 2 is 2.05 bits per heavy atom. The zero-order valence-corrected chi connectivity index (χ0v) is 11.2. The summed E-state index contributed by atoms with van der Waals surface area (Å²) in [6, 6.07) is 8.88. The zero-order valence-electron chi connectivity index (χ0n) is 11.2. The second-order valence-electron chi connectivity index (χ2n) is 4.39. The molecule has 0 spiro atoms. The molecule has 108 valence electrons. The highest BCUT2D eigenvalue weighted by Crippen LogP contribution is 2.20. The molecular formula is C14H12FN3O3. The van der Waals surface area contributed by atoms with Crippen LogP contribution < -0.4 is 0 Å². The number of carbonyl (C=O) groups excluding carboxylic acids is 1. The minimum absolute atomic E-state index is 0.00429. The van der Waals surface area contributed by atoms with Crippen LogP contribution in [0.1, 0.15) is 15.9 Å². The van der Waals surface area contributed by atoms with Gasteiger partial charge in [-0.25, -0.2) is 4.98 Å². The van der Waals surface area contributed by atoms with Gasteiger partial charge in [-0.2, -0.15) is 4.39 Å². The number of nitro groups is 1. The first-order valence-electron chi connectivity index (χ1n) is 6.09. The van der Waals surface area contributed by atoms with Crippen LogP contribution in [0, 0.1) is 16.1 Å². The average Bonchev–Trinajstić information content (AvgIpc) is 2.47. The Bertz CT molecular complexity index is 691. The van der Waals surface area contributed by atoms with E-state index in [2.05, 4.69) is 4.98 Å². The van der Waals surface area contributed by atoms with Gasteiger partial charge in [0.15, 0.2) is 0 Å². The Kier molecular flexibility index (Phi) is 4.22. The van der Waals surface area contributed by atoms with Gasteiger partial charge in [0.2, 0.25) is 5.95 Å². The second kappa shape index (κ2) is 6.08. The van der Waals surface area contributed by atoms with Gasteiger partial charge in [-0.15, -0.1) is 0 Å². The Balaban J connectivity index is 2.23. The van der Waals surface area contributed by atoms with Crippen LogP contribution >= 0.6 is 0 Å². The van der Waals surface area contributed by atoms with E-state index in [1.807, 2.05) is 0 Å². The molecule has 21 heavy (non-hydrogen) atoms. The van der Waals surface area contributed by atoms with Gasteiger partial charge in [0.25, 0.3) is 11.6 Å². The number of amides is 1. The number of nitro benzene ring substituents is 1. The van der Waals surface area contributed by atoms with Crippen molar-refractivity contribution in [3.05, 3.63) is 69.8 Å². The SMILES string of the molecule is CN(Cc1ccccc1[N+](=O)[O-])C(=O)c1cccnc1F. The van der Waals surface area contributed by atoms with Crippen LogP contribution in [0.25, 0.3) is 0 Å². The van der Waals surface area contributed by atoms with Crippen molar-refractivity contribution in [1.29, 1.82) is 0 Å². The lowest BCUT2D eigenvalue weighted by Crippen LogP contribution is -2.27. The van der Waals surface area contributed by atoms with Crippen LogP contribution in [0.4, 0.5) is 10.1 Å². The summed E-state index contributed by atoms with van der Waals surface area (Å²) in [7, 11) is 1.45. The van der Waals surface area contributed by atoms with Gasteiger partial charge in [0.1, 0.15) is 0 Å². The van der Waals surface area contributed by atoms with Gasteiger partial charge in [-0.3, -0.25) is 14.9 Å². The largest absolute Gasteiger partial charge is 0.337 e. The number of carbonyl (C=O) groups is 1. The quantitative estimate of drug-likeness (QED) is 0.492. The molecule has 0 atom stereocenters. The molecule has 0 saturated carbocycles. The lowest BCUT2D eigenvalue weighted by atomic mass is 10.1. The summed E-state index contributed by atoms with van der Waals surface area (Å²) in [5.74, 6) is -1.45. The molecule has 0 saturated heterocycles. The van der Waals surface area contributed by atoms with Crippen LogP contribution in [0.5, 0.6) is 0 Å². The number of hydrogen-bond acceptors (Lipinski definition) is 4. The lowest BCUT2D eigenvalue weighted by Gasteiger charge is -2.17. The Labute approximate surface area is 120 Å². The van der Waals surface area contributed by atoms with Crippen molar-refractivity contribution in [1.82, 2.24) is 9.88 Å². The van der Waals surface area contributed by atoms with E-state index >= 15 is 0 Å². The predicted octanol–water partition coefficient (Wildman–Crippen LogP) is 2.40. The summed E-state index contributed by atoms with van der Waals surface area (Å²) in [4.78, 5) is 27.2. The molecule has 1 amide bonds. The molecule has 0 fully saturated rings. The molecule has 2 aromatic rings. The van der Waals surface area contributed by atoms with E-state index in [1.165, 1.54) is 36.3 Å². The first-order chi connectivity index (χ1) is 10.0. The number of aromatic nitrogens is 1. The highest BCUT2D eigenvalue weighted by atomic mass is 19.1. The lowest BCUT2D eigenvalue weighted by molar-refractivity contribution is -0.385.